The summed E-state index contributed by atoms with van der Waals surface area (Å²) >= 11 is 0. The Morgan fingerprint density at radius 1 is 0.429 bits per heavy atom. The highest BCUT2D eigenvalue weighted by molar-refractivity contribution is 6.82. The highest BCUT2D eigenvalue weighted by Gasteiger charge is 2.29. The molecule has 1 saturated heterocycles. The van der Waals surface area contributed by atoms with Crippen molar-refractivity contribution in [2.75, 3.05) is 0 Å². The number of aromatic nitrogens is 2. The lowest BCUT2D eigenvalue weighted by molar-refractivity contribution is 1.15. The SMILES string of the molecule is c1ccc(-n2c3ccccc3c3ccc(-n4c5ccccc5c5ccc(B6CC6)cc54)cc32)cc1. The molecule has 0 saturated carbocycles. The quantitative estimate of drug-likeness (QED) is 0.248. The van der Waals surface area contributed by atoms with E-state index in [1.165, 1.54) is 73.1 Å². The molecule has 0 spiro atoms. The largest absolute Gasteiger partial charge is 0.309 e. The number of rotatable bonds is 3. The van der Waals surface area contributed by atoms with E-state index in [2.05, 4.69) is 124 Å². The van der Waals surface area contributed by atoms with Crippen molar-refractivity contribution in [1.82, 2.24) is 9.13 Å². The summed E-state index contributed by atoms with van der Waals surface area (Å²) in [6.45, 7) is 0.731. The first-order valence-electron chi connectivity index (χ1n) is 12.5. The standard InChI is InChI=1S/C32H23BN2/c1-2-8-23(9-3-1)34-29-12-6-4-11-26(29)28-17-15-24(21-32(28)34)35-30-13-7-5-10-25(30)27-16-14-22(20-31(27)35)33-18-19-33/h1-17,20-21H,18-19H2. The average Bonchev–Trinajstić information content (AvgIpc) is 3.65. The molecule has 1 aliphatic rings. The monoisotopic (exact) mass is 446 g/mol. The summed E-state index contributed by atoms with van der Waals surface area (Å²) in [5, 5.41) is 5.21. The molecule has 0 amide bonds. The molecule has 7 aromatic rings. The Bertz CT molecular complexity index is 1910. The van der Waals surface area contributed by atoms with E-state index in [-0.39, 0.29) is 0 Å². The molecule has 0 bridgehead atoms. The zero-order chi connectivity index (χ0) is 22.9. The summed E-state index contributed by atoms with van der Waals surface area (Å²) in [6, 6.07) is 42.3. The number of benzene rings is 5. The minimum absolute atomic E-state index is 0.731. The number of nitrogens with zero attached hydrogens (tertiary/aromatic N) is 2. The molecule has 2 aromatic heterocycles. The van der Waals surface area contributed by atoms with Gasteiger partial charge in [-0.15, -0.1) is 0 Å². The van der Waals surface area contributed by atoms with Crippen LogP contribution in [0.25, 0.3) is 55.0 Å². The van der Waals surface area contributed by atoms with Crippen LogP contribution in [0.4, 0.5) is 0 Å². The first-order chi connectivity index (χ1) is 17.4. The van der Waals surface area contributed by atoms with Crippen molar-refractivity contribution >= 4 is 55.8 Å². The highest BCUT2D eigenvalue weighted by Crippen LogP contribution is 2.36. The number of hydrogen-bond donors (Lipinski definition) is 0. The van der Waals surface area contributed by atoms with Crippen LogP contribution >= 0.6 is 0 Å². The average molecular weight is 446 g/mol. The molecule has 2 nitrogen and oxygen atoms in total. The molecule has 164 valence electrons. The van der Waals surface area contributed by atoms with E-state index < -0.39 is 0 Å². The summed E-state index contributed by atoms with van der Waals surface area (Å²) in [5.74, 6) is 0. The van der Waals surface area contributed by atoms with Crippen LogP contribution in [0.5, 0.6) is 0 Å². The van der Waals surface area contributed by atoms with Crippen LogP contribution < -0.4 is 5.46 Å². The first-order valence-corrected chi connectivity index (χ1v) is 12.5. The smallest absolute Gasteiger partial charge is 0.174 e. The molecule has 1 aliphatic heterocycles. The Morgan fingerprint density at radius 2 is 0.971 bits per heavy atom. The number of para-hydroxylation sites is 3. The lowest BCUT2D eigenvalue weighted by Gasteiger charge is -2.11. The van der Waals surface area contributed by atoms with Crippen molar-refractivity contribution in [2.24, 2.45) is 0 Å². The van der Waals surface area contributed by atoms with Crippen LogP contribution in [-0.4, -0.2) is 15.8 Å². The van der Waals surface area contributed by atoms with Gasteiger partial charge >= 0.3 is 0 Å². The Labute approximate surface area is 204 Å². The lowest BCUT2D eigenvalue weighted by atomic mass is 9.63. The minimum atomic E-state index is 0.731. The van der Waals surface area contributed by atoms with E-state index in [4.69, 9.17) is 0 Å². The topological polar surface area (TPSA) is 9.86 Å². The third-order valence-electron chi connectivity index (χ3n) is 7.68. The number of fused-ring (bicyclic) bond motifs is 6. The van der Waals surface area contributed by atoms with Crippen molar-refractivity contribution < 1.29 is 0 Å². The maximum Gasteiger partial charge on any atom is 0.174 e. The Kier molecular flexibility index (Phi) is 3.89. The van der Waals surface area contributed by atoms with Gasteiger partial charge in [0.1, 0.15) is 0 Å². The van der Waals surface area contributed by atoms with Gasteiger partial charge in [0, 0.05) is 32.9 Å². The fraction of sp³-hybridized carbons (Fsp3) is 0.0625. The van der Waals surface area contributed by atoms with Gasteiger partial charge in [-0.3, -0.25) is 0 Å². The van der Waals surface area contributed by atoms with Gasteiger partial charge in [0.2, 0.25) is 0 Å². The molecule has 3 heterocycles. The second-order valence-electron chi connectivity index (χ2n) is 9.79. The van der Waals surface area contributed by atoms with Crippen LogP contribution in [-0.2, 0) is 0 Å². The van der Waals surface area contributed by atoms with Crippen LogP contribution in [0.3, 0.4) is 0 Å². The second-order valence-corrected chi connectivity index (χ2v) is 9.79. The Balaban J connectivity index is 1.48. The molecule has 5 aromatic carbocycles. The molecular formula is C32H23BN2. The van der Waals surface area contributed by atoms with Gasteiger partial charge in [0.25, 0.3) is 0 Å². The fourth-order valence-electron chi connectivity index (χ4n) is 5.89. The van der Waals surface area contributed by atoms with E-state index >= 15 is 0 Å². The summed E-state index contributed by atoms with van der Waals surface area (Å²) in [7, 11) is 0. The molecular weight excluding hydrogens is 423 g/mol. The third kappa shape index (κ3) is 2.79. The number of hydrogen-bond acceptors (Lipinski definition) is 0. The molecule has 3 heteroatoms. The summed E-state index contributed by atoms with van der Waals surface area (Å²) < 4.78 is 4.86. The van der Waals surface area contributed by atoms with E-state index in [1.807, 2.05) is 0 Å². The van der Waals surface area contributed by atoms with Gasteiger partial charge in [0.05, 0.1) is 22.1 Å². The zero-order valence-electron chi connectivity index (χ0n) is 19.4. The first kappa shape index (κ1) is 19.1. The molecule has 0 unspecified atom stereocenters. The minimum Gasteiger partial charge on any atom is -0.309 e. The van der Waals surface area contributed by atoms with Gasteiger partial charge in [-0.2, -0.15) is 0 Å². The van der Waals surface area contributed by atoms with Crippen molar-refractivity contribution in [2.45, 2.75) is 12.6 Å². The van der Waals surface area contributed by atoms with E-state index in [9.17, 15) is 0 Å². The molecule has 0 radical (unpaired) electrons. The van der Waals surface area contributed by atoms with Gasteiger partial charge in [-0.1, -0.05) is 90.9 Å². The van der Waals surface area contributed by atoms with Crippen LogP contribution in [0.15, 0.2) is 115 Å². The van der Waals surface area contributed by atoms with Crippen LogP contribution in [0.1, 0.15) is 0 Å². The van der Waals surface area contributed by atoms with E-state index in [0.29, 0.717) is 0 Å². The van der Waals surface area contributed by atoms with Gasteiger partial charge in [-0.25, -0.2) is 0 Å². The maximum absolute atomic E-state index is 2.46. The van der Waals surface area contributed by atoms with Gasteiger partial charge < -0.3 is 9.13 Å². The second kappa shape index (κ2) is 7.13. The van der Waals surface area contributed by atoms with Crippen molar-refractivity contribution in [3.05, 3.63) is 115 Å². The maximum atomic E-state index is 2.46. The van der Waals surface area contributed by atoms with Crippen LogP contribution in [0, 0.1) is 0 Å². The van der Waals surface area contributed by atoms with Crippen molar-refractivity contribution in [3.8, 4) is 11.4 Å². The van der Waals surface area contributed by atoms with E-state index in [1.54, 1.807) is 0 Å². The Morgan fingerprint density at radius 3 is 1.66 bits per heavy atom. The third-order valence-corrected chi connectivity index (χ3v) is 7.68. The molecule has 35 heavy (non-hydrogen) atoms. The molecule has 0 aliphatic carbocycles. The zero-order valence-corrected chi connectivity index (χ0v) is 19.4. The summed E-state index contributed by atoms with van der Waals surface area (Å²) in [5.41, 5.74) is 8.91. The van der Waals surface area contributed by atoms with Crippen molar-refractivity contribution in [3.63, 3.8) is 0 Å². The molecule has 0 atom stereocenters. The predicted molar refractivity (Wildman–Crippen MR) is 150 cm³/mol. The van der Waals surface area contributed by atoms with Gasteiger partial charge in [0.15, 0.2) is 6.71 Å². The molecule has 8 rings (SSSR count). The fourth-order valence-corrected chi connectivity index (χ4v) is 5.89. The predicted octanol–water partition coefficient (Wildman–Crippen LogP) is 7.60. The lowest BCUT2D eigenvalue weighted by Crippen LogP contribution is -2.14. The normalized spacial score (nSPS) is 13.4. The van der Waals surface area contributed by atoms with Crippen molar-refractivity contribution in [1.29, 1.82) is 0 Å². The van der Waals surface area contributed by atoms with Gasteiger partial charge in [-0.05, 0) is 42.5 Å². The summed E-state index contributed by atoms with van der Waals surface area (Å²) in [4.78, 5) is 0. The highest BCUT2D eigenvalue weighted by atomic mass is 15.0. The molecule has 1 fully saturated rings. The van der Waals surface area contributed by atoms with E-state index in [0.717, 1.165) is 6.71 Å². The Hall–Kier alpha value is -4.24. The van der Waals surface area contributed by atoms with Crippen LogP contribution in [0.2, 0.25) is 12.6 Å². The summed E-state index contributed by atoms with van der Waals surface area (Å²) in [6.07, 6.45) is 2.63. The molecule has 0 N–H and O–H groups in total.